The molecule has 1 aromatic carbocycles. The second kappa shape index (κ2) is 5.16. The van der Waals surface area contributed by atoms with Crippen LogP contribution in [0.1, 0.15) is 20.3 Å². The Labute approximate surface area is 123 Å². The van der Waals surface area contributed by atoms with Crippen molar-refractivity contribution in [3.8, 4) is 0 Å². The first kappa shape index (κ1) is 13.5. The smallest absolute Gasteiger partial charge is 0.252 e. The quantitative estimate of drug-likeness (QED) is 0.877. The molecule has 1 aliphatic rings. The van der Waals surface area contributed by atoms with Gasteiger partial charge in [0, 0.05) is 23.3 Å². The second-order valence-electron chi connectivity index (χ2n) is 5.47. The summed E-state index contributed by atoms with van der Waals surface area (Å²) in [6.07, 6.45) is 1.94. The maximum Gasteiger partial charge on any atom is 0.252 e. The summed E-state index contributed by atoms with van der Waals surface area (Å²) in [6.45, 7) is 3.69. The fourth-order valence-electron chi connectivity index (χ4n) is 2.72. The summed E-state index contributed by atoms with van der Waals surface area (Å²) in [5, 5.41) is 4.14. The first-order valence-electron chi connectivity index (χ1n) is 7.04. The summed E-state index contributed by atoms with van der Waals surface area (Å²) >= 11 is 0. The topological polar surface area (TPSA) is 62.3 Å². The lowest BCUT2D eigenvalue weighted by atomic mass is 10.1. The van der Waals surface area contributed by atoms with Crippen molar-refractivity contribution in [2.75, 3.05) is 5.32 Å². The SMILES string of the molecule is CC(C)N1C(=O)CC(Nc2cccc3ncccc23)C1=O. The summed E-state index contributed by atoms with van der Waals surface area (Å²) < 4.78 is 0. The van der Waals surface area contributed by atoms with E-state index >= 15 is 0 Å². The molecule has 0 aliphatic carbocycles. The van der Waals surface area contributed by atoms with E-state index in [0.717, 1.165) is 16.6 Å². The molecular formula is C16H17N3O2. The van der Waals surface area contributed by atoms with Gasteiger partial charge in [-0.1, -0.05) is 6.07 Å². The molecule has 1 aliphatic heterocycles. The number of anilines is 1. The molecular weight excluding hydrogens is 266 g/mol. The summed E-state index contributed by atoms with van der Waals surface area (Å²) in [5.74, 6) is -0.276. The van der Waals surface area contributed by atoms with Crippen LogP contribution in [-0.2, 0) is 9.59 Å². The number of hydrogen-bond acceptors (Lipinski definition) is 4. The third-order valence-corrected chi connectivity index (χ3v) is 3.67. The van der Waals surface area contributed by atoms with Crippen LogP contribution in [0, 0.1) is 0 Å². The van der Waals surface area contributed by atoms with Crippen molar-refractivity contribution in [1.82, 2.24) is 9.88 Å². The van der Waals surface area contributed by atoms with Crippen LogP contribution in [0.5, 0.6) is 0 Å². The Morgan fingerprint density at radius 2 is 2.05 bits per heavy atom. The lowest BCUT2D eigenvalue weighted by Crippen LogP contribution is -2.39. The van der Waals surface area contributed by atoms with Crippen LogP contribution in [0.2, 0.25) is 0 Å². The molecule has 5 nitrogen and oxygen atoms in total. The van der Waals surface area contributed by atoms with Crippen molar-refractivity contribution >= 4 is 28.4 Å². The highest BCUT2D eigenvalue weighted by molar-refractivity contribution is 6.07. The minimum absolute atomic E-state index is 0.106. The minimum atomic E-state index is -0.495. The van der Waals surface area contributed by atoms with Crippen LogP contribution in [-0.4, -0.2) is 33.8 Å². The Kier molecular flexibility index (Phi) is 3.33. The van der Waals surface area contributed by atoms with Crippen LogP contribution in [0.25, 0.3) is 10.9 Å². The molecule has 2 aromatic rings. The Balaban J connectivity index is 1.90. The van der Waals surface area contributed by atoms with E-state index in [-0.39, 0.29) is 24.3 Å². The van der Waals surface area contributed by atoms with Gasteiger partial charge in [-0.05, 0) is 38.1 Å². The summed E-state index contributed by atoms with van der Waals surface area (Å²) in [4.78, 5) is 29.9. The van der Waals surface area contributed by atoms with E-state index in [9.17, 15) is 9.59 Å². The number of fused-ring (bicyclic) bond motifs is 1. The largest absolute Gasteiger partial charge is 0.373 e. The summed E-state index contributed by atoms with van der Waals surface area (Å²) in [6, 6.07) is 8.92. The fraction of sp³-hybridized carbons (Fsp3) is 0.312. The Bertz CT molecular complexity index is 706. The zero-order valence-electron chi connectivity index (χ0n) is 12.0. The highest BCUT2D eigenvalue weighted by Crippen LogP contribution is 2.25. The predicted molar refractivity (Wildman–Crippen MR) is 80.8 cm³/mol. The molecule has 0 saturated carbocycles. The van der Waals surface area contributed by atoms with Gasteiger partial charge in [-0.3, -0.25) is 19.5 Å². The first-order chi connectivity index (χ1) is 10.1. The number of hydrogen-bond donors (Lipinski definition) is 1. The molecule has 5 heteroatoms. The molecule has 108 valence electrons. The molecule has 2 heterocycles. The zero-order chi connectivity index (χ0) is 15.0. The third-order valence-electron chi connectivity index (χ3n) is 3.67. The number of amides is 2. The lowest BCUT2D eigenvalue weighted by molar-refractivity contribution is -0.140. The van der Waals surface area contributed by atoms with Gasteiger partial charge in [-0.25, -0.2) is 0 Å². The van der Waals surface area contributed by atoms with Crippen molar-refractivity contribution in [1.29, 1.82) is 0 Å². The first-order valence-corrected chi connectivity index (χ1v) is 7.04. The van der Waals surface area contributed by atoms with Crippen molar-refractivity contribution in [2.45, 2.75) is 32.4 Å². The van der Waals surface area contributed by atoms with Gasteiger partial charge in [0.1, 0.15) is 6.04 Å². The lowest BCUT2D eigenvalue weighted by Gasteiger charge is -2.19. The Morgan fingerprint density at radius 3 is 2.76 bits per heavy atom. The van der Waals surface area contributed by atoms with E-state index in [4.69, 9.17) is 0 Å². The number of pyridine rings is 1. The molecule has 1 fully saturated rings. The average molecular weight is 283 g/mol. The van der Waals surface area contributed by atoms with Gasteiger partial charge in [0.15, 0.2) is 0 Å². The van der Waals surface area contributed by atoms with E-state index in [0.29, 0.717) is 0 Å². The van der Waals surface area contributed by atoms with Gasteiger partial charge in [0.25, 0.3) is 5.91 Å². The zero-order valence-corrected chi connectivity index (χ0v) is 12.0. The number of nitrogens with one attached hydrogen (secondary N) is 1. The number of carbonyl (C=O) groups is 2. The molecule has 1 atom stereocenters. The van der Waals surface area contributed by atoms with Crippen LogP contribution in [0.15, 0.2) is 36.5 Å². The molecule has 1 unspecified atom stereocenters. The van der Waals surface area contributed by atoms with Crippen molar-refractivity contribution < 1.29 is 9.59 Å². The van der Waals surface area contributed by atoms with Crippen molar-refractivity contribution in [3.05, 3.63) is 36.5 Å². The predicted octanol–water partition coefficient (Wildman–Crippen LogP) is 2.18. The van der Waals surface area contributed by atoms with Gasteiger partial charge in [0.05, 0.1) is 11.9 Å². The fourth-order valence-corrected chi connectivity index (χ4v) is 2.72. The number of rotatable bonds is 3. The number of nitrogens with zero attached hydrogens (tertiary/aromatic N) is 2. The average Bonchev–Trinajstić information content (AvgIpc) is 2.74. The molecule has 1 N–H and O–H groups in total. The molecule has 0 bridgehead atoms. The highest BCUT2D eigenvalue weighted by Gasteiger charge is 2.39. The van der Waals surface area contributed by atoms with Crippen LogP contribution >= 0.6 is 0 Å². The summed E-state index contributed by atoms with van der Waals surface area (Å²) in [5.41, 5.74) is 1.69. The number of imide groups is 1. The van der Waals surface area contributed by atoms with Crippen molar-refractivity contribution in [3.63, 3.8) is 0 Å². The monoisotopic (exact) mass is 283 g/mol. The molecule has 1 aromatic heterocycles. The van der Waals surface area contributed by atoms with Crippen molar-refractivity contribution in [2.24, 2.45) is 0 Å². The second-order valence-corrected chi connectivity index (χ2v) is 5.47. The highest BCUT2D eigenvalue weighted by atomic mass is 16.2. The maximum absolute atomic E-state index is 12.3. The standard InChI is InChI=1S/C16H17N3O2/c1-10(2)19-15(20)9-14(16(19)21)18-13-7-3-6-12-11(13)5-4-8-17-12/h3-8,10,14,18H,9H2,1-2H3. The molecule has 2 amide bonds. The molecule has 0 radical (unpaired) electrons. The molecule has 3 rings (SSSR count). The van der Waals surface area contributed by atoms with E-state index in [1.54, 1.807) is 6.20 Å². The van der Waals surface area contributed by atoms with Gasteiger partial charge in [-0.2, -0.15) is 0 Å². The van der Waals surface area contributed by atoms with E-state index in [1.165, 1.54) is 4.90 Å². The number of carbonyl (C=O) groups excluding carboxylic acids is 2. The maximum atomic E-state index is 12.3. The van der Waals surface area contributed by atoms with E-state index in [2.05, 4.69) is 10.3 Å². The number of aromatic nitrogens is 1. The third kappa shape index (κ3) is 2.35. The number of benzene rings is 1. The normalized spacial score (nSPS) is 18.8. The van der Waals surface area contributed by atoms with E-state index < -0.39 is 6.04 Å². The van der Waals surface area contributed by atoms with Gasteiger partial charge in [-0.15, -0.1) is 0 Å². The molecule has 0 spiro atoms. The number of likely N-dealkylation sites (tertiary alicyclic amines) is 1. The van der Waals surface area contributed by atoms with Gasteiger partial charge >= 0.3 is 0 Å². The van der Waals surface area contributed by atoms with E-state index in [1.807, 2.05) is 44.2 Å². The Morgan fingerprint density at radius 1 is 1.24 bits per heavy atom. The minimum Gasteiger partial charge on any atom is -0.373 e. The van der Waals surface area contributed by atoms with Crippen LogP contribution in [0.3, 0.4) is 0 Å². The molecule has 1 saturated heterocycles. The Hall–Kier alpha value is -2.43. The van der Waals surface area contributed by atoms with Gasteiger partial charge < -0.3 is 5.32 Å². The summed E-state index contributed by atoms with van der Waals surface area (Å²) in [7, 11) is 0. The molecule has 21 heavy (non-hydrogen) atoms. The van der Waals surface area contributed by atoms with Crippen LogP contribution < -0.4 is 5.32 Å². The van der Waals surface area contributed by atoms with Gasteiger partial charge in [0.2, 0.25) is 5.91 Å². The van der Waals surface area contributed by atoms with Crippen LogP contribution in [0.4, 0.5) is 5.69 Å².